The fourth-order valence-electron chi connectivity index (χ4n) is 4.14. The molecule has 0 aliphatic rings. The number of halogens is 3. The predicted octanol–water partition coefficient (Wildman–Crippen LogP) is 6.19. The van der Waals surface area contributed by atoms with E-state index in [1.807, 2.05) is 13.8 Å². The van der Waals surface area contributed by atoms with Gasteiger partial charge in [-0.2, -0.15) is 0 Å². The molecule has 3 rings (SSSR count). The molecule has 1 N–H and O–H groups in total. The highest BCUT2D eigenvalue weighted by atomic mass is 35.5. The maximum atomic E-state index is 14.1. The smallest absolute Gasteiger partial charge is 0.264 e. The number of carbonyl (C=O) groups is 2. The van der Waals surface area contributed by atoms with Crippen molar-refractivity contribution in [2.45, 2.75) is 50.7 Å². The topological polar surface area (TPSA) is 105 Å². The summed E-state index contributed by atoms with van der Waals surface area (Å²) in [7, 11) is -1.54. The van der Waals surface area contributed by atoms with E-state index in [1.54, 1.807) is 25.1 Å². The molecule has 0 fully saturated rings. The second-order valence-electron chi connectivity index (χ2n) is 9.72. The van der Waals surface area contributed by atoms with Crippen molar-refractivity contribution in [3.05, 3.63) is 81.3 Å². The number of nitrogens with zero attached hydrogens (tertiary/aromatic N) is 2. The van der Waals surface area contributed by atoms with Crippen LogP contribution >= 0.6 is 34.8 Å². The molecule has 0 saturated carbocycles. The zero-order valence-electron chi connectivity index (χ0n) is 24.4. The maximum Gasteiger partial charge on any atom is 0.264 e. The van der Waals surface area contributed by atoms with E-state index in [0.717, 1.165) is 4.31 Å². The third-order valence-corrected chi connectivity index (χ3v) is 9.62. The minimum absolute atomic E-state index is 0.142. The number of methoxy groups -OCH3 is 2. The zero-order valence-corrected chi connectivity index (χ0v) is 27.5. The largest absolute Gasteiger partial charge is 0.493 e. The molecule has 232 valence electrons. The van der Waals surface area contributed by atoms with Crippen LogP contribution in [-0.4, -0.2) is 58.0 Å². The van der Waals surface area contributed by atoms with E-state index in [4.69, 9.17) is 44.3 Å². The highest BCUT2D eigenvalue weighted by Gasteiger charge is 2.34. The lowest BCUT2D eigenvalue weighted by atomic mass is 10.1. The molecule has 0 saturated heterocycles. The Balaban J connectivity index is 2.10. The summed E-state index contributed by atoms with van der Waals surface area (Å²) in [4.78, 5) is 28.4. The van der Waals surface area contributed by atoms with E-state index in [2.05, 4.69) is 5.32 Å². The molecule has 43 heavy (non-hydrogen) atoms. The van der Waals surface area contributed by atoms with Gasteiger partial charge in [-0.1, -0.05) is 47.8 Å². The Labute approximate surface area is 267 Å². The van der Waals surface area contributed by atoms with Gasteiger partial charge in [-0.05, 0) is 68.8 Å². The molecule has 0 radical (unpaired) electrons. The molecule has 0 aliphatic heterocycles. The highest BCUT2D eigenvalue weighted by Crippen LogP contribution is 2.33. The molecule has 2 amide bonds. The lowest BCUT2D eigenvalue weighted by Gasteiger charge is -2.33. The fraction of sp³-hybridized carbons (Fsp3) is 0.333. The first-order valence-electron chi connectivity index (χ1n) is 13.4. The van der Waals surface area contributed by atoms with Gasteiger partial charge in [0, 0.05) is 39.3 Å². The molecular formula is C30H34Cl3N3O6S. The number of hydrogen-bond donors (Lipinski definition) is 1. The van der Waals surface area contributed by atoms with Crippen LogP contribution < -0.4 is 19.1 Å². The third kappa shape index (κ3) is 8.26. The van der Waals surface area contributed by atoms with Gasteiger partial charge in [0.25, 0.3) is 10.0 Å². The van der Waals surface area contributed by atoms with Crippen molar-refractivity contribution in [1.29, 1.82) is 0 Å². The van der Waals surface area contributed by atoms with Gasteiger partial charge in [-0.25, -0.2) is 8.42 Å². The van der Waals surface area contributed by atoms with Crippen LogP contribution in [0.1, 0.15) is 32.8 Å². The number of ether oxygens (including phenoxy) is 2. The van der Waals surface area contributed by atoms with Gasteiger partial charge in [0.15, 0.2) is 11.5 Å². The number of sulfonamides is 1. The minimum Gasteiger partial charge on any atom is -0.493 e. The molecule has 0 unspecified atom stereocenters. The number of anilines is 1. The molecule has 13 heteroatoms. The molecule has 3 aromatic carbocycles. The van der Waals surface area contributed by atoms with Gasteiger partial charge < -0.3 is 19.7 Å². The quantitative estimate of drug-likeness (QED) is 0.233. The molecule has 0 spiro atoms. The van der Waals surface area contributed by atoms with Crippen molar-refractivity contribution >= 4 is 62.3 Å². The van der Waals surface area contributed by atoms with Gasteiger partial charge in [0.2, 0.25) is 11.8 Å². The van der Waals surface area contributed by atoms with Crippen LogP contribution in [0, 0.1) is 0 Å². The molecule has 0 aromatic heterocycles. The molecule has 3 aromatic rings. The van der Waals surface area contributed by atoms with Crippen molar-refractivity contribution in [2.75, 3.05) is 25.1 Å². The summed E-state index contributed by atoms with van der Waals surface area (Å²) in [5.41, 5.74) is 0.600. The first kappa shape index (κ1) is 34.3. The van der Waals surface area contributed by atoms with Crippen LogP contribution in [-0.2, 0) is 26.2 Å². The van der Waals surface area contributed by atoms with Crippen LogP contribution in [0.15, 0.2) is 65.6 Å². The summed E-state index contributed by atoms with van der Waals surface area (Å²) in [5, 5.41) is 3.85. The van der Waals surface area contributed by atoms with Gasteiger partial charge in [-0.3, -0.25) is 13.9 Å². The van der Waals surface area contributed by atoms with Crippen molar-refractivity contribution in [1.82, 2.24) is 10.2 Å². The Morgan fingerprint density at radius 1 is 0.907 bits per heavy atom. The molecule has 0 bridgehead atoms. The van der Waals surface area contributed by atoms with Crippen molar-refractivity contribution < 1.29 is 27.5 Å². The number of nitrogens with one attached hydrogen (secondary N) is 1. The Morgan fingerprint density at radius 2 is 1.51 bits per heavy atom. The SMILES string of the molecule is CC[C@H](C)NC(=O)[C@@H](C)N(Cc1c(Cl)cccc1Cl)C(=O)CN(c1ccc(Cl)cc1)S(=O)(=O)c1ccc(OC)c(OC)c1. The lowest BCUT2D eigenvalue weighted by Crippen LogP contribution is -2.52. The number of hydrogen-bond acceptors (Lipinski definition) is 6. The summed E-state index contributed by atoms with van der Waals surface area (Å²) in [6, 6.07) is 13.9. The number of amides is 2. The van der Waals surface area contributed by atoms with Gasteiger partial charge >= 0.3 is 0 Å². The van der Waals surface area contributed by atoms with E-state index in [-0.39, 0.29) is 28.9 Å². The normalized spacial score (nSPS) is 12.7. The third-order valence-electron chi connectivity index (χ3n) is 6.89. The summed E-state index contributed by atoms with van der Waals surface area (Å²) in [6.45, 7) is 4.54. The summed E-state index contributed by atoms with van der Waals surface area (Å²) < 4.78 is 39.7. The average molecular weight is 671 g/mol. The van der Waals surface area contributed by atoms with Crippen LogP contribution in [0.3, 0.4) is 0 Å². The number of benzene rings is 3. The van der Waals surface area contributed by atoms with E-state index in [9.17, 15) is 18.0 Å². The average Bonchev–Trinajstić information content (AvgIpc) is 2.99. The molecule has 0 heterocycles. The van der Waals surface area contributed by atoms with Crippen molar-refractivity contribution in [3.8, 4) is 11.5 Å². The minimum atomic E-state index is -4.36. The summed E-state index contributed by atoms with van der Waals surface area (Å²) >= 11 is 18.9. The zero-order chi connectivity index (χ0) is 31.9. The van der Waals surface area contributed by atoms with Gasteiger partial charge in [-0.15, -0.1) is 0 Å². The first-order valence-corrected chi connectivity index (χ1v) is 15.9. The van der Waals surface area contributed by atoms with Gasteiger partial charge in [0.05, 0.1) is 24.8 Å². The Kier molecular flexibility index (Phi) is 12.0. The number of carbonyl (C=O) groups excluding carboxylic acids is 2. The number of rotatable bonds is 13. The van der Waals surface area contributed by atoms with Crippen molar-refractivity contribution in [2.24, 2.45) is 0 Å². The monoisotopic (exact) mass is 669 g/mol. The van der Waals surface area contributed by atoms with E-state index in [1.165, 1.54) is 61.6 Å². The Bertz CT molecular complexity index is 1530. The van der Waals surface area contributed by atoms with Crippen LogP contribution in [0.4, 0.5) is 5.69 Å². The van der Waals surface area contributed by atoms with Gasteiger partial charge in [0.1, 0.15) is 12.6 Å². The standard InChI is InChI=1S/C30H34Cl3N3O6S/c1-6-19(2)34-30(38)20(3)35(17-24-25(32)8-7-9-26(24)33)29(37)18-36(22-12-10-21(31)11-13-22)43(39,40)23-14-15-27(41-4)28(16-23)42-5/h7-16,19-20H,6,17-18H2,1-5H3,(H,34,38)/t19-,20+/m0/s1. The van der Waals surface area contributed by atoms with E-state index < -0.39 is 34.4 Å². The summed E-state index contributed by atoms with van der Waals surface area (Å²) in [5.74, 6) is -0.552. The van der Waals surface area contributed by atoms with E-state index in [0.29, 0.717) is 32.8 Å². The molecule has 0 aliphatic carbocycles. The molecule has 2 atom stereocenters. The van der Waals surface area contributed by atoms with Crippen LogP contribution in [0.2, 0.25) is 15.1 Å². The van der Waals surface area contributed by atoms with Crippen LogP contribution in [0.5, 0.6) is 11.5 Å². The summed E-state index contributed by atoms with van der Waals surface area (Å²) in [6.07, 6.45) is 0.677. The van der Waals surface area contributed by atoms with Crippen molar-refractivity contribution in [3.63, 3.8) is 0 Å². The second-order valence-corrected chi connectivity index (χ2v) is 12.8. The Hall–Kier alpha value is -3.18. The molecular weight excluding hydrogens is 637 g/mol. The first-order chi connectivity index (χ1) is 20.3. The lowest BCUT2D eigenvalue weighted by molar-refractivity contribution is -0.139. The Morgan fingerprint density at radius 3 is 2.07 bits per heavy atom. The van der Waals surface area contributed by atoms with Crippen LogP contribution in [0.25, 0.3) is 0 Å². The fourth-order valence-corrected chi connectivity index (χ4v) is 6.22. The van der Waals surface area contributed by atoms with E-state index >= 15 is 0 Å². The highest BCUT2D eigenvalue weighted by molar-refractivity contribution is 7.92. The maximum absolute atomic E-state index is 14.1. The second kappa shape index (κ2) is 15.0. The predicted molar refractivity (Wildman–Crippen MR) is 170 cm³/mol. The molecule has 9 nitrogen and oxygen atoms in total.